The summed E-state index contributed by atoms with van der Waals surface area (Å²) in [5.74, 6) is -3.66. The fraction of sp³-hybridized carbons (Fsp3) is 0.462. The van der Waals surface area contributed by atoms with Gasteiger partial charge in [0.05, 0.1) is 35.9 Å². The number of hydrogen-bond donors (Lipinski definition) is 2. The van der Waals surface area contributed by atoms with Crippen molar-refractivity contribution in [3.05, 3.63) is 35.5 Å². The van der Waals surface area contributed by atoms with Crippen molar-refractivity contribution in [1.29, 1.82) is 0 Å². The predicted octanol–water partition coefficient (Wildman–Crippen LogP) is 1.19. The van der Waals surface area contributed by atoms with E-state index >= 15 is 0 Å². The molecule has 13 nitrogen and oxygen atoms in total. The summed E-state index contributed by atoms with van der Waals surface area (Å²) in [5, 5.41) is 0.498. The Bertz CT molecular complexity index is 1240. The van der Waals surface area contributed by atoms with Crippen LogP contribution in [-0.2, 0) is 28.6 Å². The molecule has 3 amide bonds. The molecule has 1 aromatic heterocycles. The lowest BCUT2D eigenvalue weighted by Gasteiger charge is -2.36. The number of nitrogen functional groups attached to an aromatic ring is 1. The molecule has 1 unspecified atom stereocenters. The second kappa shape index (κ2) is 13.4. The van der Waals surface area contributed by atoms with E-state index in [0.717, 1.165) is 0 Å². The van der Waals surface area contributed by atoms with E-state index in [1.165, 1.54) is 11.0 Å². The SMILES string of the molecule is CCOC(=O)COC(=O)CCC(C(=O)N1CCN(C(=O)OCC)CC1)c1nc2cccc(N)c2cc1C(N)=O. The number of pyridine rings is 1. The van der Waals surface area contributed by atoms with Gasteiger partial charge in [0, 0.05) is 43.7 Å². The maximum absolute atomic E-state index is 13.8. The molecule has 39 heavy (non-hydrogen) atoms. The minimum atomic E-state index is -1.04. The molecule has 1 aromatic carbocycles. The van der Waals surface area contributed by atoms with Crippen molar-refractivity contribution < 1.29 is 38.2 Å². The molecule has 1 aliphatic heterocycles. The highest BCUT2D eigenvalue weighted by Gasteiger charge is 2.34. The van der Waals surface area contributed by atoms with Gasteiger partial charge in [0.15, 0.2) is 6.61 Å². The van der Waals surface area contributed by atoms with E-state index in [0.29, 0.717) is 16.6 Å². The first-order chi connectivity index (χ1) is 18.7. The summed E-state index contributed by atoms with van der Waals surface area (Å²) < 4.78 is 14.8. The number of hydrogen-bond acceptors (Lipinski definition) is 10. The summed E-state index contributed by atoms with van der Waals surface area (Å²) in [7, 11) is 0. The van der Waals surface area contributed by atoms with E-state index in [2.05, 4.69) is 4.98 Å². The molecule has 0 radical (unpaired) electrons. The minimum Gasteiger partial charge on any atom is -0.463 e. The van der Waals surface area contributed by atoms with Crippen LogP contribution in [0, 0.1) is 0 Å². The quantitative estimate of drug-likeness (QED) is 0.250. The second-order valence-corrected chi connectivity index (χ2v) is 8.77. The molecular weight excluding hydrogens is 510 g/mol. The number of piperazine rings is 1. The van der Waals surface area contributed by atoms with Crippen LogP contribution in [0.5, 0.6) is 0 Å². The summed E-state index contributed by atoms with van der Waals surface area (Å²) >= 11 is 0. The Labute approximate surface area is 225 Å². The Morgan fingerprint density at radius 2 is 1.62 bits per heavy atom. The van der Waals surface area contributed by atoms with Crippen LogP contribution in [0.3, 0.4) is 0 Å². The zero-order valence-corrected chi connectivity index (χ0v) is 22.0. The molecule has 0 bridgehead atoms. The van der Waals surface area contributed by atoms with Crippen molar-refractivity contribution in [3.8, 4) is 0 Å². The van der Waals surface area contributed by atoms with E-state index in [1.807, 2.05) is 0 Å². The van der Waals surface area contributed by atoms with Crippen LogP contribution in [0.15, 0.2) is 24.3 Å². The van der Waals surface area contributed by atoms with Crippen molar-refractivity contribution in [1.82, 2.24) is 14.8 Å². The second-order valence-electron chi connectivity index (χ2n) is 8.77. The lowest BCUT2D eigenvalue weighted by atomic mass is 9.92. The fourth-order valence-electron chi connectivity index (χ4n) is 4.29. The molecule has 0 spiro atoms. The largest absolute Gasteiger partial charge is 0.463 e. The van der Waals surface area contributed by atoms with Gasteiger partial charge >= 0.3 is 18.0 Å². The van der Waals surface area contributed by atoms with E-state index in [4.69, 9.17) is 25.7 Å². The number of nitrogens with zero attached hydrogens (tertiary/aromatic N) is 3. The maximum Gasteiger partial charge on any atom is 0.409 e. The van der Waals surface area contributed by atoms with Gasteiger partial charge in [-0.3, -0.25) is 19.4 Å². The summed E-state index contributed by atoms with van der Waals surface area (Å²) in [6, 6.07) is 6.52. The average molecular weight is 544 g/mol. The fourth-order valence-corrected chi connectivity index (χ4v) is 4.29. The van der Waals surface area contributed by atoms with Gasteiger partial charge in [-0.15, -0.1) is 0 Å². The van der Waals surface area contributed by atoms with Gasteiger partial charge in [-0.2, -0.15) is 0 Å². The Morgan fingerprint density at radius 1 is 0.949 bits per heavy atom. The molecule has 1 saturated heterocycles. The van der Waals surface area contributed by atoms with Gasteiger partial charge in [0.25, 0.3) is 5.91 Å². The van der Waals surface area contributed by atoms with Crippen molar-refractivity contribution >= 4 is 46.4 Å². The first kappa shape index (κ1) is 29.1. The molecule has 1 atom stereocenters. The minimum absolute atomic E-state index is 0.00352. The van der Waals surface area contributed by atoms with Crippen molar-refractivity contribution in [2.24, 2.45) is 5.73 Å². The summed E-state index contributed by atoms with van der Waals surface area (Å²) in [6.45, 7) is 4.10. The molecule has 0 aliphatic carbocycles. The predicted molar refractivity (Wildman–Crippen MR) is 139 cm³/mol. The highest BCUT2D eigenvalue weighted by molar-refractivity contribution is 6.02. The Kier molecular flexibility index (Phi) is 10.0. The molecule has 2 heterocycles. The standard InChI is InChI=1S/C26H33N5O8/c1-3-37-22(33)15-39-21(32)9-8-16(25(35)30-10-12-31(13-11-30)26(36)38-4-2)23-18(24(28)34)14-17-19(27)6-5-7-20(17)29-23/h5-7,14,16H,3-4,8-13,15,27H2,1-2H3,(H2,28,34). The normalized spacial score (nSPS) is 14.0. The maximum atomic E-state index is 13.8. The van der Waals surface area contributed by atoms with Crippen LogP contribution >= 0.6 is 0 Å². The molecule has 3 rings (SSSR count). The highest BCUT2D eigenvalue weighted by atomic mass is 16.6. The number of amides is 3. The molecule has 1 fully saturated rings. The molecule has 210 valence electrons. The molecule has 1 aliphatic rings. The number of benzene rings is 1. The van der Waals surface area contributed by atoms with Crippen LogP contribution in [0.1, 0.15) is 48.7 Å². The van der Waals surface area contributed by atoms with E-state index in [-0.39, 0.29) is 63.5 Å². The van der Waals surface area contributed by atoms with Crippen LogP contribution in [-0.4, -0.2) is 90.6 Å². The highest BCUT2D eigenvalue weighted by Crippen LogP contribution is 2.30. The van der Waals surface area contributed by atoms with Gasteiger partial charge in [-0.1, -0.05) is 6.07 Å². The first-order valence-electron chi connectivity index (χ1n) is 12.7. The van der Waals surface area contributed by atoms with E-state index in [9.17, 15) is 24.0 Å². The van der Waals surface area contributed by atoms with Gasteiger partial charge in [0.2, 0.25) is 5.91 Å². The summed E-state index contributed by atoms with van der Waals surface area (Å²) in [4.78, 5) is 69.9. The number of esters is 2. The Hall–Kier alpha value is -4.42. The van der Waals surface area contributed by atoms with Gasteiger partial charge < -0.3 is 35.5 Å². The molecule has 0 saturated carbocycles. The molecule has 2 aromatic rings. The van der Waals surface area contributed by atoms with Crippen LogP contribution in [0.25, 0.3) is 10.9 Å². The van der Waals surface area contributed by atoms with Gasteiger partial charge in [-0.05, 0) is 38.5 Å². The smallest absolute Gasteiger partial charge is 0.409 e. The number of carbonyl (C=O) groups is 5. The first-order valence-corrected chi connectivity index (χ1v) is 12.7. The van der Waals surface area contributed by atoms with Crippen molar-refractivity contribution in [2.75, 3.05) is 51.7 Å². The number of aromatic nitrogens is 1. The topological polar surface area (TPSA) is 184 Å². The Morgan fingerprint density at radius 3 is 2.26 bits per heavy atom. The van der Waals surface area contributed by atoms with Crippen molar-refractivity contribution in [2.45, 2.75) is 32.6 Å². The number of rotatable bonds is 10. The van der Waals surface area contributed by atoms with Crippen LogP contribution in [0.2, 0.25) is 0 Å². The number of ether oxygens (including phenoxy) is 3. The monoisotopic (exact) mass is 543 g/mol. The van der Waals surface area contributed by atoms with Gasteiger partial charge in [0.1, 0.15) is 0 Å². The number of anilines is 1. The molecular formula is C26H33N5O8. The third-order valence-corrected chi connectivity index (χ3v) is 6.23. The number of fused-ring (bicyclic) bond motifs is 1. The lowest BCUT2D eigenvalue weighted by molar-refractivity contribution is -0.158. The van der Waals surface area contributed by atoms with E-state index in [1.54, 1.807) is 36.9 Å². The number of carbonyl (C=O) groups excluding carboxylic acids is 5. The molecule has 4 N–H and O–H groups in total. The van der Waals surface area contributed by atoms with Crippen LogP contribution in [0.4, 0.5) is 10.5 Å². The summed E-state index contributed by atoms with van der Waals surface area (Å²) in [6.07, 6.45) is -0.775. The van der Waals surface area contributed by atoms with Crippen molar-refractivity contribution in [3.63, 3.8) is 0 Å². The van der Waals surface area contributed by atoms with E-state index < -0.39 is 42.4 Å². The zero-order chi connectivity index (χ0) is 28.5. The Balaban J connectivity index is 1.89. The number of nitrogens with two attached hydrogens (primary N) is 2. The van der Waals surface area contributed by atoms with Gasteiger partial charge in [-0.25, -0.2) is 9.59 Å². The number of primary amides is 1. The van der Waals surface area contributed by atoms with Crippen LogP contribution < -0.4 is 11.5 Å². The lowest BCUT2D eigenvalue weighted by Crippen LogP contribution is -2.52. The third kappa shape index (κ3) is 7.33. The molecule has 13 heteroatoms. The summed E-state index contributed by atoms with van der Waals surface area (Å²) in [5.41, 5.74) is 12.7. The average Bonchev–Trinajstić information content (AvgIpc) is 2.92. The third-order valence-electron chi connectivity index (χ3n) is 6.23. The zero-order valence-electron chi connectivity index (χ0n) is 22.0.